The van der Waals surface area contributed by atoms with Gasteiger partial charge in [0.15, 0.2) is 0 Å². The maximum absolute atomic E-state index is 10.7. The average molecular weight is 304 g/mol. The molecule has 3 nitrogen and oxygen atoms in total. The third-order valence-electron chi connectivity index (χ3n) is 3.44. The molecule has 0 aliphatic heterocycles. The van der Waals surface area contributed by atoms with Crippen molar-refractivity contribution < 1.29 is 4.79 Å². The van der Waals surface area contributed by atoms with Crippen molar-refractivity contribution in [2.24, 2.45) is 16.8 Å². The van der Waals surface area contributed by atoms with Crippen molar-refractivity contribution in [1.29, 1.82) is 0 Å². The van der Waals surface area contributed by atoms with E-state index in [9.17, 15) is 4.79 Å². The summed E-state index contributed by atoms with van der Waals surface area (Å²) >= 11 is 0. The molecule has 0 amide bonds. The highest BCUT2D eigenvalue weighted by Gasteiger charge is 2.07. The molecule has 0 spiro atoms. The number of hydrogen-bond acceptors (Lipinski definition) is 3. The summed E-state index contributed by atoms with van der Waals surface area (Å²) in [6.45, 7) is 11.1. The molecule has 0 radical (unpaired) electrons. The van der Waals surface area contributed by atoms with Gasteiger partial charge in [-0.05, 0) is 38.2 Å². The van der Waals surface area contributed by atoms with E-state index in [1.165, 1.54) is 12.8 Å². The monoisotopic (exact) mass is 304 g/mol. The first-order valence-corrected chi connectivity index (χ1v) is 8.14. The molecule has 0 saturated carbocycles. The van der Waals surface area contributed by atoms with Gasteiger partial charge in [-0.1, -0.05) is 39.3 Å². The molecule has 0 N–H and O–H groups in total. The van der Waals surface area contributed by atoms with Crippen molar-refractivity contribution in [1.82, 2.24) is 4.90 Å². The standard InChI is InChI=1S/C19H32N2O/c1-7-10-18(16(3)4)11-9-12-19(20-8-2)14-21(6)13-17(5)15-22/h8-9,11-13,15-16,18H,7,10,14H2,1-6H3/b11-9-,17-13+,19-12-,20-8?. The smallest absolute Gasteiger partial charge is 0.147 e. The van der Waals surface area contributed by atoms with E-state index in [-0.39, 0.29) is 0 Å². The predicted molar refractivity (Wildman–Crippen MR) is 97.1 cm³/mol. The quantitative estimate of drug-likeness (QED) is 0.255. The lowest BCUT2D eigenvalue weighted by molar-refractivity contribution is -0.104. The normalized spacial score (nSPS) is 15.0. The number of allylic oxidation sites excluding steroid dienone is 4. The first-order valence-electron chi connectivity index (χ1n) is 8.14. The Balaban J connectivity index is 4.90. The van der Waals surface area contributed by atoms with Gasteiger partial charge in [-0.2, -0.15) is 0 Å². The van der Waals surface area contributed by atoms with E-state index in [4.69, 9.17) is 0 Å². The molecule has 0 aliphatic carbocycles. The lowest BCUT2D eigenvalue weighted by Gasteiger charge is -2.16. The molecule has 0 fully saturated rings. The van der Waals surface area contributed by atoms with E-state index in [0.29, 0.717) is 24.0 Å². The number of rotatable bonds is 10. The average Bonchev–Trinajstić information content (AvgIpc) is 2.45. The molecular weight excluding hydrogens is 272 g/mol. The number of aldehydes is 1. The Morgan fingerprint density at radius 2 is 2.00 bits per heavy atom. The maximum Gasteiger partial charge on any atom is 0.147 e. The van der Waals surface area contributed by atoms with Gasteiger partial charge in [-0.3, -0.25) is 9.79 Å². The summed E-state index contributed by atoms with van der Waals surface area (Å²) in [4.78, 5) is 17.1. The second-order valence-electron chi connectivity index (χ2n) is 6.03. The van der Waals surface area contributed by atoms with Gasteiger partial charge in [0.2, 0.25) is 0 Å². The molecule has 22 heavy (non-hydrogen) atoms. The Labute approximate surface area is 136 Å². The van der Waals surface area contributed by atoms with Crippen LogP contribution in [-0.2, 0) is 4.79 Å². The van der Waals surface area contributed by atoms with Crippen LogP contribution in [0.1, 0.15) is 47.5 Å². The topological polar surface area (TPSA) is 32.7 Å². The first-order chi connectivity index (χ1) is 10.4. The molecular formula is C19H32N2O. The zero-order valence-corrected chi connectivity index (χ0v) is 15.0. The molecule has 0 heterocycles. The largest absolute Gasteiger partial charge is 0.374 e. The molecule has 0 aromatic carbocycles. The number of nitrogens with zero attached hydrogens (tertiary/aromatic N) is 2. The second kappa shape index (κ2) is 12.0. The fraction of sp³-hybridized carbons (Fsp3) is 0.579. The lowest BCUT2D eigenvalue weighted by Crippen LogP contribution is -2.14. The predicted octanol–water partition coefficient (Wildman–Crippen LogP) is 4.62. The molecule has 0 aliphatic rings. The summed E-state index contributed by atoms with van der Waals surface area (Å²) in [7, 11) is 1.95. The summed E-state index contributed by atoms with van der Waals surface area (Å²) in [6.07, 6.45) is 13.4. The minimum atomic E-state index is 0.614. The van der Waals surface area contributed by atoms with Gasteiger partial charge in [0, 0.05) is 25.0 Å². The summed E-state index contributed by atoms with van der Waals surface area (Å²) < 4.78 is 0. The van der Waals surface area contributed by atoms with Gasteiger partial charge in [-0.25, -0.2) is 0 Å². The number of carbonyl (C=O) groups excluding carboxylic acids is 1. The van der Waals surface area contributed by atoms with Crippen molar-refractivity contribution in [2.75, 3.05) is 13.6 Å². The molecule has 0 bridgehead atoms. The van der Waals surface area contributed by atoms with Crippen molar-refractivity contribution in [3.05, 3.63) is 35.7 Å². The van der Waals surface area contributed by atoms with E-state index >= 15 is 0 Å². The highest BCUT2D eigenvalue weighted by atomic mass is 16.1. The van der Waals surface area contributed by atoms with Gasteiger partial charge < -0.3 is 4.90 Å². The first kappa shape index (κ1) is 20.4. The molecule has 0 aromatic heterocycles. The van der Waals surface area contributed by atoms with E-state index < -0.39 is 0 Å². The minimum Gasteiger partial charge on any atom is -0.374 e. The minimum absolute atomic E-state index is 0.614. The third-order valence-corrected chi connectivity index (χ3v) is 3.44. The number of hydrogen-bond donors (Lipinski definition) is 0. The van der Waals surface area contributed by atoms with Crippen molar-refractivity contribution in [3.63, 3.8) is 0 Å². The van der Waals surface area contributed by atoms with Gasteiger partial charge in [0.05, 0.1) is 12.2 Å². The van der Waals surface area contributed by atoms with Gasteiger partial charge in [0.25, 0.3) is 0 Å². The molecule has 0 aromatic rings. The summed E-state index contributed by atoms with van der Waals surface area (Å²) in [6, 6.07) is 0. The van der Waals surface area contributed by atoms with E-state index in [0.717, 1.165) is 12.0 Å². The number of aliphatic imine (C=N–C) groups is 1. The Bertz CT molecular complexity index is 431. The van der Waals surface area contributed by atoms with Crippen LogP contribution in [0.3, 0.4) is 0 Å². The highest BCUT2D eigenvalue weighted by molar-refractivity contribution is 5.71. The molecule has 3 heteroatoms. The van der Waals surface area contributed by atoms with E-state index in [1.54, 1.807) is 13.1 Å². The third kappa shape index (κ3) is 9.32. The van der Waals surface area contributed by atoms with Crippen LogP contribution >= 0.6 is 0 Å². The fourth-order valence-electron chi connectivity index (χ4n) is 2.28. The zero-order valence-electron chi connectivity index (χ0n) is 15.0. The Hall–Kier alpha value is -1.64. The van der Waals surface area contributed by atoms with E-state index in [1.807, 2.05) is 25.1 Å². The van der Waals surface area contributed by atoms with Crippen LogP contribution in [0.15, 0.2) is 40.7 Å². The number of carbonyl (C=O) groups is 1. The van der Waals surface area contributed by atoms with Crippen LogP contribution in [0, 0.1) is 11.8 Å². The van der Waals surface area contributed by atoms with Gasteiger partial charge in [0.1, 0.15) is 6.29 Å². The Kier molecular flexibility index (Phi) is 11.1. The number of likely N-dealkylation sites (N-methyl/N-ethyl adjacent to an activating group) is 1. The summed E-state index contributed by atoms with van der Waals surface area (Å²) in [5, 5.41) is 0. The van der Waals surface area contributed by atoms with Crippen LogP contribution in [0.25, 0.3) is 0 Å². The van der Waals surface area contributed by atoms with Gasteiger partial charge >= 0.3 is 0 Å². The van der Waals surface area contributed by atoms with Crippen LogP contribution in [0.5, 0.6) is 0 Å². The zero-order chi connectivity index (χ0) is 17.0. The van der Waals surface area contributed by atoms with Gasteiger partial charge in [-0.15, -0.1) is 0 Å². The van der Waals surface area contributed by atoms with Crippen molar-refractivity contribution in [2.45, 2.75) is 47.5 Å². The molecule has 124 valence electrons. The molecule has 1 unspecified atom stereocenters. The molecule has 0 saturated heterocycles. The maximum atomic E-state index is 10.7. The highest BCUT2D eigenvalue weighted by Crippen LogP contribution is 2.18. The van der Waals surface area contributed by atoms with Crippen molar-refractivity contribution in [3.8, 4) is 0 Å². The van der Waals surface area contributed by atoms with Crippen molar-refractivity contribution >= 4 is 12.5 Å². The SMILES string of the molecule is CC=N/C(=C\C=C/C(CCC)C(C)C)CN(C)/C=C(\C)C=O. The van der Waals surface area contributed by atoms with Crippen LogP contribution in [-0.4, -0.2) is 31.0 Å². The summed E-state index contributed by atoms with van der Waals surface area (Å²) in [5.74, 6) is 1.27. The fourth-order valence-corrected chi connectivity index (χ4v) is 2.28. The van der Waals surface area contributed by atoms with E-state index in [2.05, 4.69) is 44.0 Å². The lowest BCUT2D eigenvalue weighted by atomic mass is 9.91. The Morgan fingerprint density at radius 1 is 1.32 bits per heavy atom. The summed E-state index contributed by atoms with van der Waals surface area (Å²) in [5.41, 5.74) is 1.69. The second-order valence-corrected chi connectivity index (χ2v) is 6.03. The Morgan fingerprint density at radius 3 is 2.50 bits per heavy atom. The van der Waals surface area contributed by atoms with Crippen LogP contribution < -0.4 is 0 Å². The van der Waals surface area contributed by atoms with Crippen LogP contribution in [0.2, 0.25) is 0 Å². The molecule has 0 rings (SSSR count). The molecule has 1 atom stereocenters. The van der Waals surface area contributed by atoms with Crippen LogP contribution in [0.4, 0.5) is 0 Å².